The summed E-state index contributed by atoms with van der Waals surface area (Å²) in [7, 11) is 0. The van der Waals surface area contributed by atoms with E-state index in [1.807, 2.05) is 16.7 Å². The molecule has 7 heteroatoms. The van der Waals surface area contributed by atoms with E-state index in [-0.39, 0.29) is 5.95 Å². The van der Waals surface area contributed by atoms with Gasteiger partial charge in [0.05, 0.1) is 6.33 Å². The van der Waals surface area contributed by atoms with E-state index in [9.17, 15) is 0 Å². The second-order valence-corrected chi connectivity index (χ2v) is 3.24. The van der Waals surface area contributed by atoms with Gasteiger partial charge < -0.3 is 21.8 Å². The van der Waals surface area contributed by atoms with E-state index in [2.05, 4.69) is 15.0 Å². The van der Waals surface area contributed by atoms with E-state index in [1.54, 1.807) is 6.33 Å². The third kappa shape index (κ3) is 1.80. The summed E-state index contributed by atoms with van der Waals surface area (Å²) in [5, 5.41) is 0. The van der Waals surface area contributed by atoms with Crippen molar-refractivity contribution in [1.29, 1.82) is 0 Å². The summed E-state index contributed by atoms with van der Waals surface area (Å²) in [5.41, 5.74) is 17.8. The summed E-state index contributed by atoms with van der Waals surface area (Å²) in [5.74, 6) is 0.443. The van der Waals surface area contributed by atoms with Crippen molar-refractivity contribution >= 4 is 22.9 Å². The largest absolute Gasteiger partial charge is 0.382 e. The summed E-state index contributed by atoms with van der Waals surface area (Å²) in [6.45, 7) is 1.13. The molecule has 0 atom stereocenters. The highest BCUT2D eigenvalue weighted by atomic mass is 15.2. The average Bonchev–Trinajstić information content (AvgIpc) is 2.62. The van der Waals surface area contributed by atoms with Gasteiger partial charge >= 0.3 is 0 Å². The van der Waals surface area contributed by atoms with Gasteiger partial charge in [0.2, 0.25) is 5.95 Å². The number of anilines is 2. The van der Waals surface area contributed by atoms with E-state index >= 15 is 0 Å². The molecule has 0 spiro atoms. The third-order valence-corrected chi connectivity index (χ3v) is 2.11. The fourth-order valence-corrected chi connectivity index (χ4v) is 1.40. The summed E-state index contributed by atoms with van der Waals surface area (Å²) >= 11 is 0. The van der Waals surface area contributed by atoms with Crippen LogP contribution in [0.25, 0.3) is 11.2 Å². The zero-order valence-electron chi connectivity index (χ0n) is 8.67. The molecule has 2 rings (SSSR count). The molecule has 7 nitrogen and oxygen atoms in total. The van der Waals surface area contributed by atoms with Crippen LogP contribution in [0.15, 0.2) is 18.5 Å². The Morgan fingerprint density at radius 1 is 1.25 bits per heavy atom. The van der Waals surface area contributed by atoms with Crippen molar-refractivity contribution in [3.05, 3.63) is 18.5 Å². The van der Waals surface area contributed by atoms with Crippen LogP contribution < -0.4 is 17.2 Å². The molecule has 0 unspecified atom stereocenters. The number of nitrogens with zero attached hydrogens (tertiary/aromatic N) is 4. The van der Waals surface area contributed by atoms with Crippen molar-refractivity contribution in [1.82, 2.24) is 19.5 Å². The minimum Gasteiger partial charge on any atom is -0.382 e. The Kier molecular flexibility index (Phi) is 2.69. The summed E-state index contributed by atoms with van der Waals surface area (Å²) in [4.78, 5) is 12.1. The highest BCUT2D eigenvalue weighted by Crippen LogP contribution is 2.16. The number of allylic oxidation sites excluding steroid dienone is 1. The molecule has 2 heterocycles. The molecular weight excluding hydrogens is 206 g/mol. The van der Waals surface area contributed by atoms with Crippen molar-refractivity contribution in [3.8, 4) is 0 Å². The van der Waals surface area contributed by atoms with Gasteiger partial charge in [-0.2, -0.15) is 9.97 Å². The van der Waals surface area contributed by atoms with Crippen molar-refractivity contribution in [2.24, 2.45) is 5.73 Å². The van der Waals surface area contributed by atoms with E-state index in [4.69, 9.17) is 17.2 Å². The molecule has 0 fully saturated rings. The quantitative estimate of drug-likeness (QED) is 0.598. The minimum atomic E-state index is 0.148. The maximum absolute atomic E-state index is 5.68. The predicted octanol–water partition coefficient (Wildman–Crippen LogP) is -0.494. The molecule has 0 saturated carbocycles. The number of rotatable bonds is 3. The summed E-state index contributed by atoms with van der Waals surface area (Å²) in [6.07, 6.45) is 5.44. The molecule has 0 aliphatic rings. The Morgan fingerprint density at radius 3 is 2.81 bits per heavy atom. The summed E-state index contributed by atoms with van der Waals surface area (Å²) in [6, 6.07) is 0. The highest BCUT2D eigenvalue weighted by molar-refractivity contribution is 5.82. The standard InChI is InChI=1S/C9H13N7/c10-3-1-2-4-16-5-13-6-7(11)14-9(12)15-8(6)16/h1-2,5H,3-4,10H2,(H4,11,12,14,15)/b2-1-. The first-order valence-electron chi connectivity index (χ1n) is 4.81. The van der Waals surface area contributed by atoms with Gasteiger partial charge in [-0.1, -0.05) is 12.2 Å². The van der Waals surface area contributed by atoms with Crippen LogP contribution in [0.1, 0.15) is 0 Å². The molecule has 0 aliphatic heterocycles. The van der Waals surface area contributed by atoms with Gasteiger partial charge in [0.25, 0.3) is 0 Å². The molecule has 2 aromatic heterocycles. The minimum absolute atomic E-state index is 0.148. The number of aromatic nitrogens is 4. The molecule has 0 aromatic carbocycles. The number of hydrogen-bond donors (Lipinski definition) is 3. The number of hydrogen-bond acceptors (Lipinski definition) is 6. The number of nitrogens with two attached hydrogens (primary N) is 3. The number of fused-ring (bicyclic) bond motifs is 1. The molecule has 0 radical (unpaired) electrons. The predicted molar refractivity (Wildman–Crippen MR) is 62.3 cm³/mol. The Hall–Kier alpha value is -2.15. The van der Waals surface area contributed by atoms with Gasteiger partial charge in [0.15, 0.2) is 11.5 Å². The fourth-order valence-electron chi connectivity index (χ4n) is 1.40. The second-order valence-electron chi connectivity index (χ2n) is 3.24. The lowest BCUT2D eigenvalue weighted by Crippen LogP contribution is -2.03. The van der Waals surface area contributed by atoms with Crippen LogP contribution in [0.4, 0.5) is 11.8 Å². The van der Waals surface area contributed by atoms with E-state index in [0.717, 1.165) is 0 Å². The Bertz CT molecular complexity index is 528. The lowest BCUT2D eigenvalue weighted by Gasteiger charge is -2.00. The van der Waals surface area contributed by atoms with Crippen molar-refractivity contribution in [2.75, 3.05) is 18.0 Å². The number of imidazole rings is 1. The molecule has 0 amide bonds. The van der Waals surface area contributed by atoms with Gasteiger partial charge in [-0.05, 0) is 0 Å². The normalized spacial score (nSPS) is 11.6. The molecular formula is C9H13N7. The fraction of sp³-hybridized carbons (Fsp3) is 0.222. The van der Waals surface area contributed by atoms with E-state index < -0.39 is 0 Å². The number of nitrogen functional groups attached to an aromatic ring is 2. The first kappa shape index (κ1) is 10.4. The maximum Gasteiger partial charge on any atom is 0.224 e. The first-order valence-corrected chi connectivity index (χ1v) is 4.81. The Balaban J connectivity index is 2.43. The van der Waals surface area contributed by atoms with Gasteiger partial charge in [-0.15, -0.1) is 0 Å². The molecule has 0 bridgehead atoms. The second kappa shape index (κ2) is 4.15. The maximum atomic E-state index is 5.68. The lowest BCUT2D eigenvalue weighted by molar-refractivity contribution is 0.835. The van der Waals surface area contributed by atoms with Crippen LogP contribution >= 0.6 is 0 Å². The van der Waals surface area contributed by atoms with E-state index in [1.165, 1.54) is 0 Å². The Morgan fingerprint density at radius 2 is 2.06 bits per heavy atom. The van der Waals surface area contributed by atoms with Gasteiger partial charge in [-0.3, -0.25) is 0 Å². The molecule has 84 valence electrons. The van der Waals surface area contributed by atoms with Crippen LogP contribution in [0.5, 0.6) is 0 Å². The zero-order valence-corrected chi connectivity index (χ0v) is 8.67. The summed E-state index contributed by atoms with van der Waals surface area (Å²) < 4.78 is 1.83. The zero-order chi connectivity index (χ0) is 11.5. The van der Waals surface area contributed by atoms with Crippen molar-refractivity contribution in [3.63, 3.8) is 0 Å². The smallest absolute Gasteiger partial charge is 0.224 e. The van der Waals surface area contributed by atoms with Crippen LogP contribution in [0.3, 0.4) is 0 Å². The topological polar surface area (TPSA) is 122 Å². The van der Waals surface area contributed by atoms with Crippen LogP contribution in [0, 0.1) is 0 Å². The monoisotopic (exact) mass is 219 g/mol. The van der Waals surface area contributed by atoms with E-state index in [0.29, 0.717) is 30.1 Å². The van der Waals surface area contributed by atoms with Gasteiger partial charge in [0, 0.05) is 13.1 Å². The molecule has 6 N–H and O–H groups in total. The van der Waals surface area contributed by atoms with Gasteiger partial charge in [-0.25, -0.2) is 4.98 Å². The Labute approximate surface area is 92.0 Å². The average molecular weight is 219 g/mol. The third-order valence-electron chi connectivity index (χ3n) is 2.11. The van der Waals surface area contributed by atoms with Gasteiger partial charge in [0.1, 0.15) is 5.52 Å². The molecule has 16 heavy (non-hydrogen) atoms. The first-order chi connectivity index (χ1) is 7.72. The van der Waals surface area contributed by atoms with Crippen LogP contribution in [-0.4, -0.2) is 26.1 Å². The van der Waals surface area contributed by atoms with Crippen LogP contribution in [0.2, 0.25) is 0 Å². The SMILES string of the molecule is NC/C=C\Cn1cnc2c(N)nc(N)nc21. The molecule has 0 saturated heterocycles. The molecule has 0 aliphatic carbocycles. The van der Waals surface area contributed by atoms with Crippen molar-refractivity contribution < 1.29 is 0 Å². The molecule has 2 aromatic rings. The lowest BCUT2D eigenvalue weighted by atomic mass is 10.4. The highest BCUT2D eigenvalue weighted by Gasteiger charge is 2.08. The van der Waals surface area contributed by atoms with Crippen molar-refractivity contribution in [2.45, 2.75) is 6.54 Å². The van der Waals surface area contributed by atoms with Crippen LogP contribution in [-0.2, 0) is 6.54 Å².